The Bertz CT molecular complexity index is 482. The molecule has 4 atom stereocenters. The fourth-order valence-corrected chi connectivity index (χ4v) is 4.94. The summed E-state index contributed by atoms with van der Waals surface area (Å²) in [5.41, 5.74) is 9.54. The Hall–Kier alpha value is -1.02. The lowest BCUT2D eigenvalue weighted by molar-refractivity contribution is 0.290. The SMILES string of the molecule is NC1C2CCC(C2)C1CN1CCCCc2ccccc21. The maximum absolute atomic E-state index is 6.51. The Morgan fingerprint density at radius 2 is 1.95 bits per heavy atom. The number of anilines is 1. The Kier molecular flexibility index (Phi) is 3.22. The highest BCUT2D eigenvalue weighted by Crippen LogP contribution is 2.48. The first kappa shape index (κ1) is 12.7. The molecule has 0 saturated heterocycles. The second kappa shape index (κ2) is 5.07. The summed E-state index contributed by atoms with van der Waals surface area (Å²) >= 11 is 0. The summed E-state index contributed by atoms with van der Waals surface area (Å²) in [5.74, 6) is 2.47. The van der Waals surface area contributed by atoms with Crippen molar-refractivity contribution in [2.45, 2.75) is 44.6 Å². The summed E-state index contributed by atoms with van der Waals surface area (Å²) < 4.78 is 0. The standard InChI is InChI=1S/C18H26N2/c19-18-15-9-8-14(11-15)16(18)12-20-10-4-3-6-13-5-1-2-7-17(13)20/h1-2,5,7,14-16,18H,3-4,6,8-12,19H2. The van der Waals surface area contributed by atoms with Crippen molar-refractivity contribution >= 4 is 5.69 Å². The third-order valence-electron chi connectivity index (χ3n) is 6.05. The van der Waals surface area contributed by atoms with E-state index in [0.29, 0.717) is 6.04 Å². The molecule has 1 heterocycles. The molecule has 1 aromatic carbocycles. The highest BCUT2D eigenvalue weighted by molar-refractivity contribution is 5.54. The van der Waals surface area contributed by atoms with Crippen molar-refractivity contribution in [1.82, 2.24) is 0 Å². The third-order valence-corrected chi connectivity index (χ3v) is 6.05. The topological polar surface area (TPSA) is 29.3 Å². The van der Waals surface area contributed by atoms with Crippen LogP contribution in [0.5, 0.6) is 0 Å². The number of fused-ring (bicyclic) bond motifs is 3. The van der Waals surface area contributed by atoms with Crippen LogP contribution in [0.15, 0.2) is 24.3 Å². The van der Waals surface area contributed by atoms with Gasteiger partial charge in [-0.05, 0) is 67.9 Å². The van der Waals surface area contributed by atoms with Gasteiger partial charge in [0.2, 0.25) is 0 Å². The van der Waals surface area contributed by atoms with Gasteiger partial charge in [0.05, 0.1) is 0 Å². The van der Waals surface area contributed by atoms with Gasteiger partial charge in [0.1, 0.15) is 0 Å². The Morgan fingerprint density at radius 1 is 1.10 bits per heavy atom. The molecule has 4 rings (SSSR count). The number of nitrogens with zero attached hydrogens (tertiary/aromatic N) is 1. The molecule has 0 aromatic heterocycles. The maximum Gasteiger partial charge on any atom is 0.0398 e. The van der Waals surface area contributed by atoms with Crippen LogP contribution in [0.3, 0.4) is 0 Å². The molecule has 2 heteroatoms. The molecule has 108 valence electrons. The molecular formula is C18H26N2. The van der Waals surface area contributed by atoms with E-state index in [1.165, 1.54) is 57.3 Å². The van der Waals surface area contributed by atoms with Gasteiger partial charge in [0.25, 0.3) is 0 Å². The van der Waals surface area contributed by atoms with Gasteiger partial charge in [-0.3, -0.25) is 0 Å². The van der Waals surface area contributed by atoms with E-state index in [4.69, 9.17) is 5.73 Å². The molecule has 2 N–H and O–H groups in total. The van der Waals surface area contributed by atoms with Crippen LogP contribution >= 0.6 is 0 Å². The lowest BCUT2D eigenvalue weighted by Gasteiger charge is -2.34. The van der Waals surface area contributed by atoms with E-state index in [-0.39, 0.29) is 0 Å². The van der Waals surface area contributed by atoms with E-state index in [0.717, 1.165) is 17.8 Å². The predicted octanol–water partition coefficient (Wildman–Crippen LogP) is 3.20. The van der Waals surface area contributed by atoms with Crippen LogP contribution in [-0.4, -0.2) is 19.1 Å². The van der Waals surface area contributed by atoms with Crippen LogP contribution in [0.4, 0.5) is 5.69 Å². The number of nitrogens with two attached hydrogens (primary N) is 1. The van der Waals surface area contributed by atoms with Gasteiger partial charge in [-0.1, -0.05) is 18.2 Å². The zero-order chi connectivity index (χ0) is 13.5. The highest BCUT2D eigenvalue weighted by atomic mass is 15.1. The van der Waals surface area contributed by atoms with Crippen LogP contribution < -0.4 is 10.6 Å². The quantitative estimate of drug-likeness (QED) is 0.894. The highest BCUT2D eigenvalue weighted by Gasteiger charge is 2.46. The van der Waals surface area contributed by atoms with Gasteiger partial charge in [0.15, 0.2) is 0 Å². The number of aryl methyl sites for hydroxylation is 1. The molecule has 0 amide bonds. The van der Waals surface area contributed by atoms with Crippen molar-refractivity contribution in [3.63, 3.8) is 0 Å². The van der Waals surface area contributed by atoms with Gasteiger partial charge in [-0.15, -0.1) is 0 Å². The minimum absolute atomic E-state index is 0.462. The minimum atomic E-state index is 0.462. The lowest BCUT2D eigenvalue weighted by atomic mass is 9.84. The number of rotatable bonds is 2. The first-order chi connectivity index (χ1) is 9.83. The summed E-state index contributed by atoms with van der Waals surface area (Å²) in [5, 5.41) is 0. The normalized spacial score (nSPS) is 36.0. The fraction of sp³-hybridized carbons (Fsp3) is 0.667. The first-order valence-corrected chi connectivity index (χ1v) is 8.41. The molecule has 2 nitrogen and oxygen atoms in total. The van der Waals surface area contributed by atoms with Crippen molar-refractivity contribution in [3.05, 3.63) is 29.8 Å². The Morgan fingerprint density at radius 3 is 2.80 bits per heavy atom. The van der Waals surface area contributed by atoms with E-state index < -0.39 is 0 Å². The van der Waals surface area contributed by atoms with E-state index in [1.54, 1.807) is 5.56 Å². The zero-order valence-corrected chi connectivity index (χ0v) is 12.3. The Labute approximate surface area is 122 Å². The molecule has 20 heavy (non-hydrogen) atoms. The van der Waals surface area contributed by atoms with Crippen molar-refractivity contribution < 1.29 is 0 Å². The zero-order valence-electron chi connectivity index (χ0n) is 12.3. The number of benzene rings is 1. The van der Waals surface area contributed by atoms with Crippen LogP contribution in [0.25, 0.3) is 0 Å². The Balaban J connectivity index is 1.56. The van der Waals surface area contributed by atoms with Gasteiger partial charge in [-0.2, -0.15) is 0 Å². The molecular weight excluding hydrogens is 244 g/mol. The molecule has 2 bridgehead atoms. The molecule has 0 spiro atoms. The molecule has 4 unspecified atom stereocenters. The molecule has 1 aliphatic heterocycles. The molecule has 3 aliphatic rings. The van der Waals surface area contributed by atoms with Crippen LogP contribution in [0.1, 0.15) is 37.7 Å². The predicted molar refractivity (Wildman–Crippen MR) is 83.9 cm³/mol. The van der Waals surface area contributed by atoms with E-state index in [9.17, 15) is 0 Å². The van der Waals surface area contributed by atoms with E-state index in [2.05, 4.69) is 29.2 Å². The van der Waals surface area contributed by atoms with Gasteiger partial charge in [0, 0.05) is 24.8 Å². The summed E-state index contributed by atoms with van der Waals surface area (Å²) in [4.78, 5) is 2.65. The summed E-state index contributed by atoms with van der Waals surface area (Å²) in [6, 6.07) is 9.47. The number of hydrogen-bond acceptors (Lipinski definition) is 2. The molecule has 0 radical (unpaired) electrons. The summed E-state index contributed by atoms with van der Waals surface area (Å²) in [7, 11) is 0. The van der Waals surface area contributed by atoms with Crippen molar-refractivity contribution in [2.75, 3.05) is 18.0 Å². The second-order valence-corrected chi connectivity index (χ2v) is 7.11. The fourth-order valence-electron chi connectivity index (χ4n) is 4.94. The third kappa shape index (κ3) is 2.05. The number of hydrogen-bond donors (Lipinski definition) is 1. The van der Waals surface area contributed by atoms with Crippen LogP contribution in [0, 0.1) is 17.8 Å². The lowest BCUT2D eigenvalue weighted by Crippen LogP contribution is -2.43. The average molecular weight is 270 g/mol. The van der Waals surface area contributed by atoms with E-state index in [1.807, 2.05) is 0 Å². The van der Waals surface area contributed by atoms with Gasteiger partial charge in [-0.25, -0.2) is 0 Å². The molecule has 2 saturated carbocycles. The minimum Gasteiger partial charge on any atom is -0.371 e. The van der Waals surface area contributed by atoms with Crippen LogP contribution in [0.2, 0.25) is 0 Å². The average Bonchev–Trinajstić information content (AvgIpc) is 2.99. The second-order valence-electron chi connectivity index (χ2n) is 7.11. The first-order valence-electron chi connectivity index (χ1n) is 8.41. The van der Waals surface area contributed by atoms with Crippen LogP contribution in [-0.2, 0) is 6.42 Å². The number of para-hydroxylation sites is 1. The molecule has 1 aromatic rings. The largest absolute Gasteiger partial charge is 0.371 e. The van der Waals surface area contributed by atoms with Gasteiger partial charge >= 0.3 is 0 Å². The smallest absolute Gasteiger partial charge is 0.0398 e. The summed E-state index contributed by atoms with van der Waals surface area (Å²) in [6.07, 6.45) is 8.12. The van der Waals surface area contributed by atoms with Gasteiger partial charge < -0.3 is 10.6 Å². The summed E-state index contributed by atoms with van der Waals surface area (Å²) in [6.45, 7) is 2.41. The van der Waals surface area contributed by atoms with Crippen molar-refractivity contribution in [2.24, 2.45) is 23.5 Å². The molecule has 2 fully saturated rings. The van der Waals surface area contributed by atoms with E-state index >= 15 is 0 Å². The molecule has 2 aliphatic carbocycles. The monoisotopic (exact) mass is 270 g/mol. The van der Waals surface area contributed by atoms with Crippen molar-refractivity contribution in [1.29, 1.82) is 0 Å². The van der Waals surface area contributed by atoms with Crippen molar-refractivity contribution in [3.8, 4) is 0 Å². The maximum atomic E-state index is 6.51.